The van der Waals surface area contributed by atoms with Crippen molar-refractivity contribution in [2.75, 3.05) is 24.7 Å². The first kappa shape index (κ1) is 50.7. The number of aromatic nitrogens is 8. The molecule has 0 saturated heterocycles. The van der Waals surface area contributed by atoms with E-state index in [1.54, 1.807) is 6.26 Å². The summed E-state index contributed by atoms with van der Waals surface area (Å²) in [6, 6.07) is 8.14. The number of nitrogens with one attached hydrogen (secondary N) is 3. The number of thioether (sulfide) groups is 1. The molecule has 0 aliphatic rings. The minimum Gasteiger partial charge on any atom is -0.379 e. The molecule has 58 heavy (non-hydrogen) atoms. The van der Waals surface area contributed by atoms with Crippen LogP contribution in [0.2, 0.25) is 0 Å². The fourth-order valence-corrected chi connectivity index (χ4v) is 5.18. The molecule has 24 heteroatoms. The van der Waals surface area contributed by atoms with Crippen molar-refractivity contribution in [3.8, 4) is 34.4 Å². The smallest absolute Gasteiger partial charge is 0.379 e. The minimum absolute atomic E-state index is 0. The van der Waals surface area contributed by atoms with Gasteiger partial charge in [0.05, 0.1) is 20.3 Å². The molecule has 0 unspecified atom stereocenters. The second kappa shape index (κ2) is 24.4. The summed E-state index contributed by atoms with van der Waals surface area (Å²) in [6.07, 6.45) is 5.07. The monoisotopic (exact) mass is 959 g/mol. The second-order valence-electron chi connectivity index (χ2n) is 10.9. The maximum atomic E-state index is 13.5. The summed E-state index contributed by atoms with van der Waals surface area (Å²) in [5.74, 6) is -1.91. The fraction of sp³-hybridized carbons (Fsp3) is 0.353. The number of benzene rings is 2. The zero-order chi connectivity index (χ0) is 40.1. The largest absolute Gasteiger partial charge is 0.446 e. The lowest BCUT2D eigenvalue weighted by atomic mass is 10.2. The van der Waals surface area contributed by atoms with Gasteiger partial charge in [-0.25, -0.2) is 36.8 Å². The van der Waals surface area contributed by atoms with Gasteiger partial charge in [0.2, 0.25) is 17.5 Å². The van der Waals surface area contributed by atoms with Gasteiger partial charge in [0.15, 0.2) is 16.6 Å². The van der Waals surface area contributed by atoms with Crippen LogP contribution < -0.4 is 28.3 Å². The first-order valence-corrected chi connectivity index (χ1v) is 18.8. The molecule has 7 N–H and O–H groups in total. The normalized spacial score (nSPS) is 10.1. The van der Waals surface area contributed by atoms with Gasteiger partial charge in [0.1, 0.15) is 17.3 Å². The van der Waals surface area contributed by atoms with E-state index in [0.29, 0.717) is 61.0 Å². The van der Waals surface area contributed by atoms with Gasteiger partial charge >= 0.3 is 11.5 Å². The Kier molecular flexibility index (Phi) is 21.4. The highest BCUT2D eigenvalue weighted by atomic mass is 79.9. The van der Waals surface area contributed by atoms with E-state index in [0.717, 1.165) is 22.0 Å². The number of aryl methyl sites for hydroxylation is 1. The van der Waals surface area contributed by atoms with Crippen LogP contribution in [0.1, 0.15) is 60.6 Å². The SMILES string of the molecule is C.C.C.CCC(=N)CCCNc1nonc1-c1noc(=O)n1-c1ccc(F)c(Br)c1.CSC(=N)N.NCCCc1nonc1-c1noc(=O)n1-c1ccc(F)c(Br)c1. The Morgan fingerprint density at radius 2 is 1.33 bits per heavy atom. The molecule has 4 heterocycles. The number of halogens is 4. The van der Waals surface area contributed by atoms with Crippen LogP contribution in [0.5, 0.6) is 0 Å². The number of hydrogen-bond donors (Lipinski definition) is 5. The molecule has 6 aromatic rings. The molecule has 0 saturated carbocycles. The third-order valence-corrected chi connectivity index (χ3v) is 8.87. The molecule has 0 radical (unpaired) electrons. The van der Waals surface area contributed by atoms with Crippen LogP contribution in [0.15, 0.2) is 73.2 Å². The lowest BCUT2D eigenvalue weighted by molar-refractivity contribution is 0.304. The van der Waals surface area contributed by atoms with E-state index in [1.807, 2.05) is 6.92 Å². The number of nitrogens with two attached hydrogens (primary N) is 2. The molecule has 0 bridgehead atoms. The predicted molar refractivity (Wildman–Crippen MR) is 225 cm³/mol. The molecular formula is C34H45Br2F2N13O6S. The van der Waals surface area contributed by atoms with Crippen LogP contribution in [-0.4, -0.2) is 70.3 Å². The summed E-state index contributed by atoms with van der Waals surface area (Å²) in [6.45, 7) is 2.95. The van der Waals surface area contributed by atoms with Gasteiger partial charge < -0.3 is 22.2 Å². The van der Waals surface area contributed by atoms with Crippen LogP contribution in [0.3, 0.4) is 0 Å². The number of anilines is 1. The van der Waals surface area contributed by atoms with Gasteiger partial charge in [0, 0.05) is 12.3 Å². The van der Waals surface area contributed by atoms with E-state index in [2.05, 4.69) is 68.1 Å². The maximum Gasteiger partial charge on any atom is 0.446 e. The molecule has 0 atom stereocenters. The Labute approximate surface area is 352 Å². The van der Waals surface area contributed by atoms with Gasteiger partial charge in [-0.05, 0) is 129 Å². The Balaban J connectivity index is 0.000000500. The van der Waals surface area contributed by atoms with Crippen LogP contribution in [0.25, 0.3) is 34.4 Å². The predicted octanol–water partition coefficient (Wildman–Crippen LogP) is 7.22. The summed E-state index contributed by atoms with van der Waals surface area (Å²) in [5.41, 5.74) is 12.7. The highest BCUT2D eigenvalue weighted by molar-refractivity contribution is 9.10. The summed E-state index contributed by atoms with van der Waals surface area (Å²) >= 11 is 7.40. The molecule has 0 fully saturated rings. The van der Waals surface area contributed by atoms with Gasteiger partial charge in [-0.15, -0.1) is 0 Å². The number of rotatable bonds is 13. The van der Waals surface area contributed by atoms with E-state index in [-0.39, 0.29) is 59.4 Å². The van der Waals surface area contributed by atoms with Crippen molar-refractivity contribution in [1.82, 2.24) is 40.1 Å². The van der Waals surface area contributed by atoms with Gasteiger partial charge in [-0.2, -0.15) is 0 Å². The molecule has 316 valence electrons. The number of nitrogens with zero attached hydrogens (tertiary/aromatic N) is 8. The first-order chi connectivity index (χ1) is 26.4. The maximum absolute atomic E-state index is 13.5. The molecule has 0 aliphatic carbocycles. The number of hydrogen-bond acceptors (Lipinski definition) is 17. The zero-order valence-electron chi connectivity index (χ0n) is 29.0. The van der Waals surface area contributed by atoms with Crippen molar-refractivity contribution in [2.24, 2.45) is 11.5 Å². The lowest BCUT2D eigenvalue weighted by Gasteiger charge is -2.06. The average molecular weight is 962 g/mol. The van der Waals surface area contributed by atoms with E-state index >= 15 is 0 Å². The van der Waals surface area contributed by atoms with Crippen LogP contribution in [0.4, 0.5) is 14.6 Å². The highest BCUT2D eigenvalue weighted by Crippen LogP contribution is 2.27. The van der Waals surface area contributed by atoms with Crippen LogP contribution >= 0.6 is 43.6 Å². The second-order valence-corrected chi connectivity index (χ2v) is 13.4. The highest BCUT2D eigenvalue weighted by Gasteiger charge is 2.24. The third-order valence-electron chi connectivity index (χ3n) is 7.21. The molecule has 6 rings (SSSR count). The van der Waals surface area contributed by atoms with Crippen LogP contribution in [0, 0.1) is 22.5 Å². The van der Waals surface area contributed by atoms with Crippen molar-refractivity contribution < 1.29 is 27.1 Å². The Morgan fingerprint density at radius 3 is 1.81 bits per heavy atom. The van der Waals surface area contributed by atoms with Crippen LogP contribution in [-0.2, 0) is 6.42 Å². The van der Waals surface area contributed by atoms with E-state index < -0.39 is 23.1 Å². The molecule has 19 nitrogen and oxygen atoms in total. The van der Waals surface area contributed by atoms with E-state index in [1.165, 1.54) is 48.2 Å². The lowest BCUT2D eigenvalue weighted by Crippen LogP contribution is -2.14. The van der Waals surface area contributed by atoms with Crippen molar-refractivity contribution in [3.63, 3.8) is 0 Å². The van der Waals surface area contributed by atoms with E-state index in [4.69, 9.17) is 40.6 Å². The standard InChI is InChI=1S/C16H16BrFN6O3.C13H11BrFN5O3.C2H6N2S.3CH4/c1-2-9(19)4-3-7-20-14-13(21-27-22-14)15-23-26-16(25)24(15)10-5-6-12(18)11(17)8-10;14-8-6-7(3-4-9(8)15)20-12(19-22-13(20)21)11-10(2-1-5-16)17-23-18-11;1-5-2(3)4;;;/h5-6,8,19H,2-4,7H2,1H3,(H,20,22);3-4,6H,1-2,5,16H2;1H3,(H3,3,4);3*1H4. The van der Waals surface area contributed by atoms with E-state index in [9.17, 15) is 18.4 Å². The topological polar surface area (TPSA) is 286 Å². The average Bonchev–Trinajstić information content (AvgIpc) is 3.99. The molecule has 4 aromatic heterocycles. The van der Waals surface area contributed by atoms with Gasteiger partial charge in [-0.3, -0.25) is 14.5 Å². The summed E-state index contributed by atoms with van der Waals surface area (Å²) in [7, 11) is 0. The molecule has 0 amide bonds. The Hall–Kier alpha value is -5.33. The third kappa shape index (κ3) is 13.1. The molecule has 0 spiro atoms. The minimum atomic E-state index is -0.756. The zero-order valence-corrected chi connectivity index (χ0v) is 33.0. The molecule has 0 aliphatic heterocycles. The quantitative estimate of drug-likeness (QED) is 0.0434. The molecule has 2 aromatic carbocycles. The molecular weight excluding hydrogens is 916 g/mol. The summed E-state index contributed by atoms with van der Waals surface area (Å²) in [5, 5.41) is 40.0. The van der Waals surface area contributed by atoms with Crippen molar-refractivity contribution in [1.29, 1.82) is 10.8 Å². The van der Waals surface area contributed by atoms with Gasteiger partial charge in [-0.1, -0.05) is 56.4 Å². The number of amidine groups is 1. The Morgan fingerprint density at radius 1 is 0.828 bits per heavy atom. The van der Waals surface area contributed by atoms with Crippen molar-refractivity contribution >= 4 is 60.3 Å². The summed E-state index contributed by atoms with van der Waals surface area (Å²) < 4.78 is 48.6. The fourth-order valence-electron chi connectivity index (χ4n) is 4.45. The van der Waals surface area contributed by atoms with Crippen molar-refractivity contribution in [3.05, 3.63) is 83.8 Å². The Bertz CT molecular complexity index is 2340. The van der Waals surface area contributed by atoms with Gasteiger partial charge in [0.25, 0.3) is 0 Å². The summed E-state index contributed by atoms with van der Waals surface area (Å²) in [4.78, 5) is 24.1. The first-order valence-electron chi connectivity index (χ1n) is 16.0. The van der Waals surface area contributed by atoms with Crippen molar-refractivity contribution in [2.45, 2.75) is 61.3 Å².